The quantitative estimate of drug-likeness (QED) is 0.436. The molecule has 0 radical (unpaired) electrons. The third kappa shape index (κ3) is 6.68. The summed E-state index contributed by atoms with van der Waals surface area (Å²) in [6.07, 6.45) is 1.10. The lowest BCUT2D eigenvalue weighted by Gasteiger charge is -2.07. The number of hydrogen-bond donors (Lipinski definition) is 1. The molecule has 0 bridgehead atoms. The van der Waals surface area contributed by atoms with Crippen LogP contribution in [0, 0.1) is 0 Å². The maximum Gasteiger partial charge on any atom is 0.153 e. The third-order valence-electron chi connectivity index (χ3n) is 1.77. The number of nitrogens with one attached hydrogen (secondary N) is 1. The molecule has 0 atom stereocenters. The molecule has 3 nitrogen and oxygen atoms in total. The van der Waals surface area contributed by atoms with E-state index >= 15 is 0 Å². The monoisotopic (exact) mass is 319 g/mol. The fourth-order valence-electron chi connectivity index (χ4n) is 0.767. The maximum atomic E-state index is 11.3. The van der Waals surface area contributed by atoms with E-state index in [1.54, 1.807) is 13.8 Å². The molecule has 0 aliphatic heterocycles. The lowest BCUT2D eigenvalue weighted by molar-refractivity contribution is 0.582. The van der Waals surface area contributed by atoms with Crippen molar-refractivity contribution in [3.8, 4) is 0 Å². The second-order valence-electron chi connectivity index (χ2n) is 3.21. The summed E-state index contributed by atoms with van der Waals surface area (Å²) < 4.78 is 23.8. The lowest BCUT2D eigenvalue weighted by atomic mass is 10.5. The fourth-order valence-corrected chi connectivity index (χ4v) is 2.05. The van der Waals surface area contributed by atoms with E-state index < -0.39 is 9.84 Å². The van der Waals surface area contributed by atoms with Crippen LogP contribution in [0.4, 0.5) is 0 Å². The highest BCUT2D eigenvalue weighted by molar-refractivity contribution is 14.1. The van der Waals surface area contributed by atoms with Gasteiger partial charge in [-0.2, -0.15) is 0 Å². The minimum absolute atomic E-state index is 0.251. The Morgan fingerprint density at radius 3 is 2.38 bits per heavy atom. The van der Waals surface area contributed by atoms with Crippen molar-refractivity contribution in [2.75, 3.05) is 23.3 Å². The van der Waals surface area contributed by atoms with Gasteiger partial charge in [-0.15, -0.1) is 0 Å². The number of halogens is 1. The molecule has 0 amide bonds. The van der Waals surface area contributed by atoms with Crippen LogP contribution in [-0.2, 0) is 9.84 Å². The van der Waals surface area contributed by atoms with Gasteiger partial charge in [-0.25, -0.2) is 8.42 Å². The van der Waals surface area contributed by atoms with E-state index in [1.165, 1.54) is 0 Å². The van der Waals surface area contributed by atoms with Gasteiger partial charge in [0.05, 0.1) is 11.0 Å². The zero-order valence-electron chi connectivity index (χ0n) is 8.22. The van der Waals surface area contributed by atoms with E-state index in [-0.39, 0.29) is 11.0 Å². The molecule has 1 N–H and O–H groups in total. The van der Waals surface area contributed by atoms with Crippen molar-refractivity contribution in [2.24, 2.45) is 0 Å². The highest BCUT2D eigenvalue weighted by atomic mass is 127. The molecular formula is C8H18INO2S. The summed E-state index contributed by atoms with van der Waals surface area (Å²) in [5.74, 6) is 0.256. The molecule has 0 aliphatic rings. The Balaban J connectivity index is 3.53. The minimum atomic E-state index is -2.85. The van der Waals surface area contributed by atoms with Crippen LogP contribution >= 0.6 is 22.6 Å². The van der Waals surface area contributed by atoms with Gasteiger partial charge in [0.1, 0.15) is 0 Å². The second-order valence-corrected chi connectivity index (χ2v) is 6.96. The summed E-state index contributed by atoms with van der Waals surface area (Å²) in [7, 11) is -2.85. The number of alkyl halides is 1. The molecular weight excluding hydrogens is 301 g/mol. The van der Waals surface area contributed by atoms with Crippen LogP contribution in [0.2, 0.25) is 0 Å². The summed E-state index contributed by atoms with van der Waals surface area (Å²) in [4.78, 5) is 0. The number of hydrogen-bond acceptors (Lipinski definition) is 3. The van der Waals surface area contributed by atoms with Crippen LogP contribution in [0.5, 0.6) is 0 Å². The van der Waals surface area contributed by atoms with Crippen LogP contribution in [0.3, 0.4) is 0 Å². The Morgan fingerprint density at radius 1 is 1.31 bits per heavy atom. The van der Waals surface area contributed by atoms with Crippen molar-refractivity contribution in [1.82, 2.24) is 5.32 Å². The average molecular weight is 319 g/mol. The summed E-state index contributed by atoms with van der Waals surface area (Å²) in [6, 6.07) is 0. The molecule has 13 heavy (non-hydrogen) atoms. The van der Waals surface area contributed by atoms with Crippen molar-refractivity contribution >= 4 is 32.4 Å². The smallest absolute Gasteiger partial charge is 0.153 e. The first-order valence-electron chi connectivity index (χ1n) is 4.49. The summed E-state index contributed by atoms with van der Waals surface area (Å²) in [6.45, 7) is 4.94. The Morgan fingerprint density at radius 2 is 1.92 bits per heavy atom. The van der Waals surface area contributed by atoms with Crippen LogP contribution in [0.15, 0.2) is 0 Å². The van der Waals surface area contributed by atoms with Gasteiger partial charge < -0.3 is 5.32 Å². The van der Waals surface area contributed by atoms with Crippen LogP contribution in [0.25, 0.3) is 0 Å². The molecule has 80 valence electrons. The van der Waals surface area contributed by atoms with Gasteiger partial charge in [-0.05, 0) is 26.8 Å². The van der Waals surface area contributed by atoms with E-state index in [1.807, 2.05) is 0 Å². The van der Waals surface area contributed by atoms with Crippen LogP contribution in [0.1, 0.15) is 20.3 Å². The predicted molar refractivity (Wildman–Crippen MR) is 65.3 cm³/mol. The molecule has 0 aromatic rings. The molecule has 0 rings (SSSR count). The highest BCUT2D eigenvalue weighted by Crippen LogP contribution is 1.98. The second kappa shape index (κ2) is 7.00. The fraction of sp³-hybridized carbons (Fsp3) is 1.00. The van der Waals surface area contributed by atoms with E-state index in [4.69, 9.17) is 0 Å². The zero-order chi connectivity index (χ0) is 10.3. The summed E-state index contributed by atoms with van der Waals surface area (Å²) >= 11 is 2.31. The third-order valence-corrected chi connectivity index (χ3v) is 4.74. The van der Waals surface area contributed by atoms with Gasteiger partial charge in [0.2, 0.25) is 0 Å². The first kappa shape index (κ1) is 13.6. The zero-order valence-corrected chi connectivity index (χ0v) is 11.2. The Kier molecular flexibility index (Phi) is 7.35. The number of rotatable bonds is 7. The van der Waals surface area contributed by atoms with Crippen molar-refractivity contribution in [2.45, 2.75) is 25.5 Å². The maximum absolute atomic E-state index is 11.3. The Labute approximate surface area is 94.7 Å². The Bertz CT molecular complexity index is 214. The van der Waals surface area contributed by atoms with E-state index in [2.05, 4.69) is 27.9 Å². The molecule has 0 fully saturated rings. The standard InChI is InChI=1S/C8H18INO2S/c1-8(2)13(11,12)7-6-10-5-3-4-9/h8,10H,3-7H2,1-2H3. The SMILES string of the molecule is CC(C)S(=O)(=O)CCNCCCI. The molecule has 0 aromatic heterocycles. The molecule has 0 aliphatic carbocycles. The first-order valence-corrected chi connectivity index (χ1v) is 7.73. The van der Waals surface area contributed by atoms with Crippen molar-refractivity contribution in [3.63, 3.8) is 0 Å². The van der Waals surface area contributed by atoms with Gasteiger partial charge in [-0.1, -0.05) is 22.6 Å². The van der Waals surface area contributed by atoms with Gasteiger partial charge >= 0.3 is 0 Å². The normalized spacial score (nSPS) is 12.3. The van der Waals surface area contributed by atoms with Gasteiger partial charge in [0.15, 0.2) is 9.84 Å². The molecule has 0 unspecified atom stereocenters. The molecule has 0 heterocycles. The summed E-state index contributed by atoms with van der Waals surface area (Å²) in [5, 5.41) is 2.86. The minimum Gasteiger partial charge on any atom is -0.316 e. The van der Waals surface area contributed by atoms with Gasteiger partial charge in [0, 0.05) is 11.0 Å². The topological polar surface area (TPSA) is 46.2 Å². The van der Waals surface area contributed by atoms with E-state index in [0.717, 1.165) is 17.4 Å². The van der Waals surface area contributed by atoms with Crippen molar-refractivity contribution < 1.29 is 8.42 Å². The molecule has 0 saturated carbocycles. The van der Waals surface area contributed by atoms with Crippen molar-refractivity contribution in [3.05, 3.63) is 0 Å². The Hall–Kier alpha value is 0.640. The van der Waals surface area contributed by atoms with Gasteiger partial charge in [0.25, 0.3) is 0 Å². The first-order chi connectivity index (χ1) is 6.00. The highest BCUT2D eigenvalue weighted by Gasteiger charge is 2.14. The van der Waals surface area contributed by atoms with E-state index in [9.17, 15) is 8.42 Å². The molecule has 5 heteroatoms. The van der Waals surface area contributed by atoms with Crippen LogP contribution < -0.4 is 5.32 Å². The molecule has 0 aromatic carbocycles. The lowest BCUT2D eigenvalue weighted by Crippen LogP contribution is -2.27. The van der Waals surface area contributed by atoms with Gasteiger partial charge in [-0.3, -0.25) is 0 Å². The number of sulfone groups is 1. The van der Waals surface area contributed by atoms with Crippen LogP contribution in [-0.4, -0.2) is 36.9 Å². The largest absolute Gasteiger partial charge is 0.316 e. The average Bonchev–Trinajstić information content (AvgIpc) is 2.03. The molecule has 0 saturated heterocycles. The molecule has 0 spiro atoms. The predicted octanol–water partition coefficient (Wildman–Crippen LogP) is 1.22. The summed E-state index contributed by atoms with van der Waals surface area (Å²) in [5.41, 5.74) is 0. The van der Waals surface area contributed by atoms with E-state index in [0.29, 0.717) is 6.54 Å². The van der Waals surface area contributed by atoms with Crippen molar-refractivity contribution in [1.29, 1.82) is 0 Å².